The standard InChI is InChI=1S/C14H12BrNO4/c1-9-4-3-5-12(16(17)18)14(9)20-13-7-6-10(19-2)8-11(13)15/h3-8H,1-2H3. The summed E-state index contributed by atoms with van der Waals surface area (Å²) in [6.45, 7) is 1.76. The minimum absolute atomic E-state index is 0.0623. The van der Waals surface area contributed by atoms with Crippen LogP contribution >= 0.6 is 15.9 Å². The third kappa shape index (κ3) is 2.91. The van der Waals surface area contributed by atoms with Crippen molar-refractivity contribution in [3.05, 3.63) is 56.5 Å². The van der Waals surface area contributed by atoms with Gasteiger partial charge in [-0.15, -0.1) is 0 Å². The van der Waals surface area contributed by atoms with E-state index < -0.39 is 4.92 Å². The number of nitro groups is 1. The van der Waals surface area contributed by atoms with Crippen molar-refractivity contribution in [1.82, 2.24) is 0 Å². The second-order valence-corrected chi connectivity index (χ2v) is 4.93. The van der Waals surface area contributed by atoms with Crippen molar-refractivity contribution in [2.24, 2.45) is 0 Å². The van der Waals surface area contributed by atoms with Crippen LogP contribution in [0.2, 0.25) is 0 Å². The highest BCUT2D eigenvalue weighted by Crippen LogP contribution is 2.38. The molecule has 0 unspecified atom stereocenters. The van der Waals surface area contributed by atoms with Crippen molar-refractivity contribution in [2.75, 3.05) is 7.11 Å². The zero-order chi connectivity index (χ0) is 14.7. The average molecular weight is 338 g/mol. The normalized spacial score (nSPS) is 10.2. The Balaban J connectivity index is 2.42. The molecule has 0 amide bonds. The Morgan fingerprint density at radius 1 is 1.25 bits per heavy atom. The SMILES string of the molecule is COc1ccc(Oc2c(C)cccc2[N+](=O)[O-])c(Br)c1. The van der Waals surface area contributed by atoms with Crippen molar-refractivity contribution in [3.63, 3.8) is 0 Å². The molecule has 0 heterocycles. The number of nitro benzene ring substituents is 1. The molecule has 0 aliphatic carbocycles. The third-order valence-corrected chi connectivity index (χ3v) is 3.36. The summed E-state index contributed by atoms with van der Waals surface area (Å²) in [6, 6.07) is 9.96. The number of nitrogens with zero attached hydrogens (tertiary/aromatic N) is 1. The van der Waals surface area contributed by atoms with Gasteiger partial charge in [-0.2, -0.15) is 0 Å². The molecule has 2 aromatic rings. The molecule has 0 N–H and O–H groups in total. The first kappa shape index (κ1) is 14.3. The van der Waals surface area contributed by atoms with E-state index in [-0.39, 0.29) is 11.4 Å². The van der Waals surface area contributed by atoms with E-state index in [1.165, 1.54) is 6.07 Å². The summed E-state index contributed by atoms with van der Waals surface area (Å²) in [5, 5.41) is 11.0. The quantitative estimate of drug-likeness (QED) is 0.610. The van der Waals surface area contributed by atoms with Crippen LogP contribution in [0.25, 0.3) is 0 Å². The monoisotopic (exact) mass is 337 g/mol. The van der Waals surface area contributed by atoms with E-state index in [4.69, 9.17) is 9.47 Å². The van der Waals surface area contributed by atoms with Gasteiger partial charge in [0.2, 0.25) is 5.75 Å². The van der Waals surface area contributed by atoms with Gasteiger partial charge in [0.05, 0.1) is 16.5 Å². The maximum absolute atomic E-state index is 11.0. The fraction of sp³-hybridized carbons (Fsp3) is 0.143. The molecule has 0 aliphatic heterocycles. The van der Waals surface area contributed by atoms with E-state index >= 15 is 0 Å². The molecule has 0 saturated carbocycles. The van der Waals surface area contributed by atoms with Crippen LogP contribution in [-0.2, 0) is 0 Å². The van der Waals surface area contributed by atoms with Gasteiger partial charge in [-0.1, -0.05) is 12.1 Å². The van der Waals surface area contributed by atoms with Gasteiger partial charge in [-0.05, 0) is 46.6 Å². The number of hydrogen-bond donors (Lipinski definition) is 0. The summed E-state index contributed by atoms with van der Waals surface area (Å²) >= 11 is 3.36. The maximum atomic E-state index is 11.0. The van der Waals surface area contributed by atoms with Gasteiger partial charge in [0.15, 0.2) is 0 Å². The topological polar surface area (TPSA) is 61.6 Å². The Hall–Kier alpha value is -2.08. The Kier molecular flexibility index (Phi) is 4.24. The van der Waals surface area contributed by atoms with Gasteiger partial charge in [0.25, 0.3) is 0 Å². The highest BCUT2D eigenvalue weighted by molar-refractivity contribution is 9.10. The van der Waals surface area contributed by atoms with Crippen molar-refractivity contribution in [1.29, 1.82) is 0 Å². The van der Waals surface area contributed by atoms with Gasteiger partial charge < -0.3 is 9.47 Å². The molecule has 0 spiro atoms. The van der Waals surface area contributed by atoms with E-state index in [9.17, 15) is 10.1 Å². The molecule has 0 aliphatic rings. The molecule has 104 valence electrons. The summed E-state index contributed by atoms with van der Waals surface area (Å²) in [4.78, 5) is 10.6. The van der Waals surface area contributed by atoms with E-state index in [0.717, 1.165) is 0 Å². The van der Waals surface area contributed by atoms with Crippen LogP contribution in [0.4, 0.5) is 5.69 Å². The third-order valence-electron chi connectivity index (χ3n) is 2.74. The van der Waals surface area contributed by atoms with Crippen LogP contribution in [0, 0.1) is 17.0 Å². The number of rotatable bonds is 4. The molecule has 0 saturated heterocycles. The predicted molar refractivity (Wildman–Crippen MR) is 78.6 cm³/mol. The first-order valence-electron chi connectivity index (χ1n) is 5.78. The second-order valence-electron chi connectivity index (χ2n) is 4.08. The van der Waals surface area contributed by atoms with Gasteiger partial charge in [0, 0.05) is 6.07 Å². The minimum Gasteiger partial charge on any atom is -0.497 e. The zero-order valence-corrected chi connectivity index (χ0v) is 12.5. The minimum atomic E-state index is -0.459. The number of ether oxygens (including phenoxy) is 2. The molecule has 0 fully saturated rings. The molecule has 0 aromatic heterocycles. The van der Waals surface area contributed by atoms with Crippen molar-refractivity contribution in [2.45, 2.75) is 6.92 Å². The fourth-order valence-electron chi connectivity index (χ4n) is 1.71. The fourth-order valence-corrected chi connectivity index (χ4v) is 2.15. The molecule has 5 nitrogen and oxygen atoms in total. The predicted octanol–water partition coefficient (Wildman–Crippen LogP) is 4.47. The molecular formula is C14H12BrNO4. The van der Waals surface area contributed by atoms with Crippen molar-refractivity contribution in [3.8, 4) is 17.2 Å². The van der Waals surface area contributed by atoms with Crippen LogP contribution < -0.4 is 9.47 Å². The number of halogens is 1. The summed E-state index contributed by atoms with van der Waals surface area (Å²) in [7, 11) is 1.56. The summed E-state index contributed by atoms with van der Waals surface area (Å²) in [5.74, 6) is 1.40. The molecule has 0 bridgehead atoms. The average Bonchev–Trinajstić information content (AvgIpc) is 2.42. The maximum Gasteiger partial charge on any atom is 0.311 e. The number of benzene rings is 2. The lowest BCUT2D eigenvalue weighted by Crippen LogP contribution is -1.96. The van der Waals surface area contributed by atoms with E-state index in [2.05, 4.69) is 15.9 Å². The van der Waals surface area contributed by atoms with Crippen LogP contribution in [0.3, 0.4) is 0 Å². The molecule has 0 atom stereocenters. The first-order chi connectivity index (χ1) is 9.52. The first-order valence-corrected chi connectivity index (χ1v) is 6.57. The summed E-state index contributed by atoms with van der Waals surface area (Å²) in [6.07, 6.45) is 0. The smallest absolute Gasteiger partial charge is 0.311 e. The van der Waals surface area contributed by atoms with E-state index in [0.29, 0.717) is 21.5 Å². The molecule has 20 heavy (non-hydrogen) atoms. The summed E-state index contributed by atoms with van der Waals surface area (Å²) in [5.41, 5.74) is 0.634. The van der Waals surface area contributed by atoms with Gasteiger partial charge in [-0.3, -0.25) is 10.1 Å². The van der Waals surface area contributed by atoms with Crippen molar-refractivity contribution >= 4 is 21.6 Å². The summed E-state index contributed by atoms with van der Waals surface area (Å²) < 4.78 is 11.4. The Morgan fingerprint density at radius 2 is 2.00 bits per heavy atom. The highest BCUT2D eigenvalue weighted by atomic mass is 79.9. The lowest BCUT2D eigenvalue weighted by molar-refractivity contribution is -0.385. The highest BCUT2D eigenvalue weighted by Gasteiger charge is 2.18. The van der Waals surface area contributed by atoms with Crippen LogP contribution in [0.15, 0.2) is 40.9 Å². The van der Waals surface area contributed by atoms with E-state index in [1.807, 2.05) is 0 Å². The van der Waals surface area contributed by atoms with E-state index in [1.54, 1.807) is 44.4 Å². The van der Waals surface area contributed by atoms with Crippen LogP contribution in [0.1, 0.15) is 5.56 Å². The molecule has 0 radical (unpaired) electrons. The number of hydrogen-bond acceptors (Lipinski definition) is 4. The second kappa shape index (κ2) is 5.92. The van der Waals surface area contributed by atoms with Crippen LogP contribution in [-0.4, -0.2) is 12.0 Å². The molecular weight excluding hydrogens is 326 g/mol. The molecule has 6 heteroatoms. The molecule has 2 aromatic carbocycles. The lowest BCUT2D eigenvalue weighted by Gasteiger charge is -2.11. The molecule has 2 rings (SSSR count). The number of methoxy groups -OCH3 is 1. The van der Waals surface area contributed by atoms with Gasteiger partial charge in [0.1, 0.15) is 11.5 Å². The Morgan fingerprint density at radius 3 is 2.60 bits per heavy atom. The van der Waals surface area contributed by atoms with Crippen molar-refractivity contribution < 1.29 is 14.4 Å². The van der Waals surface area contributed by atoms with Crippen LogP contribution in [0.5, 0.6) is 17.2 Å². The zero-order valence-electron chi connectivity index (χ0n) is 10.9. The van der Waals surface area contributed by atoms with Gasteiger partial charge in [-0.25, -0.2) is 0 Å². The number of para-hydroxylation sites is 1. The largest absolute Gasteiger partial charge is 0.497 e. The Labute approximate surface area is 124 Å². The van der Waals surface area contributed by atoms with Gasteiger partial charge >= 0.3 is 5.69 Å². The number of aryl methyl sites for hydroxylation is 1. The lowest BCUT2D eigenvalue weighted by atomic mass is 10.2. The Bertz CT molecular complexity index is 658.